The zero-order chi connectivity index (χ0) is 14.5. The quantitative estimate of drug-likeness (QED) is 0.766. The van der Waals surface area contributed by atoms with E-state index in [0.29, 0.717) is 16.2 Å². The molecule has 2 N–H and O–H groups in total. The average Bonchev–Trinajstić information content (AvgIpc) is 2.48. The molecule has 2 heterocycles. The number of aromatic nitrogens is 2. The second kappa shape index (κ2) is 6.85. The summed E-state index contributed by atoms with van der Waals surface area (Å²) in [6.07, 6.45) is 3.55. The van der Waals surface area contributed by atoms with Crippen molar-refractivity contribution in [2.24, 2.45) is 0 Å². The first kappa shape index (κ1) is 15.0. The molecular weight excluding hydrogens is 328 g/mol. The van der Waals surface area contributed by atoms with Crippen molar-refractivity contribution in [2.45, 2.75) is 25.4 Å². The van der Waals surface area contributed by atoms with E-state index in [1.165, 1.54) is 7.11 Å². The van der Waals surface area contributed by atoms with Crippen LogP contribution in [-0.4, -0.2) is 42.0 Å². The molecule has 0 radical (unpaired) electrons. The smallest absolute Gasteiger partial charge is 0.327 e. The van der Waals surface area contributed by atoms with Gasteiger partial charge < -0.3 is 15.4 Å². The third-order valence-corrected chi connectivity index (χ3v) is 3.96. The van der Waals surface area contributed by atoms with Crippen LogP contribution in [0.1, 0.15) is 12.8 Å². The first-order valence-electron chi connectivity index (χ1n) is 6.41. The first-order valence-corrected chi connectivity index (χ1v) is 7.21. The molecule has 8 heteroatoms. The van der Waals surface area contributed by atoms with Crippen molar-refractivity contribution in [1.29, 1.82) is 0 Å². The molecule has 1 aliphatic heterocycles. The highest BCUT2D eigenvalue weighted by atomic mass is 79.9. The Hall–Kier alpha value is -1.41. The summed E-state index contributed by atoms with van der Waals surface area (Å²) in [7, 11) is 1.27. The van der Waals surface area contributed by atoms with Crippen molar-refractivity contribution in [1.82, 2.24) is 15.1 Å². The van der Waals surface area contributed by atoms with Gasteiger partial charge in [0.2, 0.25) is 0 Å². The number of methoxy groups -OCH3 is 1. The number of nitrogens with zero attached hydrogens (tertiary/aromatic N) is 2. The van der Waals surface area contributed by atoms with Gasteiger partial charge in [-0.25, -0.2) is 4.68 Å². The van der Waals surface area contributed by atoms with Crippen molar-refractivity contribution in [2.75, 3.05) is 25.5 Å². The number of hydrogen-bond donors (Lipinski definition) is 2. The second-order valence-electron chi connectivity index (χ2n) is 4.58. The summed E-state index contributed by atoms with van der Waals surface area (Å²) in [6.45, 7) is 1.73. The zero-order valence-electron chi connectivity index (χ0n) is 11.2. The van der Waals surface area contributed by atoms with Crippen molar-refractivity contribution in [3.8, 4) is 0 Å². The monoisotopic (exact) mass is 344 g/mol. The first-order chi connectivity index (χ1) is 9.61. The number of nitrogens with one attached hydrogen (secondary N) is 2. The fourth-order valence-electron chi connectivity index (χ4n) is 2.05. The van der Waals surface area contributed by atoms with Gasteiger partial charge in [-0.2, -0.15) is 5.10 Å². The number of carbonyl (C=O) groups excluding carboxylic acids is 1. The van der Waals surface area contributed by atoms with E-state index in [9.17, 15) is 9.59 Å². The van der Waals surface area contributed by atoms with E-state index in [0.717, 1.165) is 30.6 Å². The van der Waals surface area contributed by atoms with Crippen LogP contribution in [0.5, 0.6) is 0 Å². The molecule has 2 rings (SSSR count). The van der Waals surface area contributed by atoms with Gasteiger partial charge in [0, 0.05) is 6.04 Å². The third-order valence-electron chi connectivity index (χ3n) is 3.19. The fourth-order valence-corrected chi connectivity index (χ4v) is 2.47. The van der Waals surface area contributed by atoms with E-state index in [1.54, 1.807) is 6.20 Å². The Bertz CT molecular complexity index is 540. The summed E-state index contributed by atoms with van der Waals surface area (Å²) in [4.78, 5) is 23.3. The van der Waals surface area contributed by atoms with Crippen LogP contribution < -0.4 is 16.2 Å². The zero-order valence-corrected chi connectivity index (χ0v) is 12.8. The molecule has 0 amide bonds. The Morgan fingerprint density at radius 2 is 2.30 bits per heavy atom. The van der Waals surface area contributed by atoms with Gasteiger partial charge in [-0.3, -0.25) is 9.59 Å². The van der Waals surface area contributed by atoms with E-state index >= 15 is 0 Å². The molecule has 0 aliphatic carbocycles. The van der Waals surface area contributed by atoms with Crippen molar-refractivity contribution in [3.05, 3.63) is 21.0 Å². The maximum Gasteiger partial charge on any atom is 0.327 e. The fraction of sp³-hybridized carbons (Fsp3) is 0.583. The second-order valence-corrected chi connectivity index (χ2v) is 5.37. The summed E-state index contributed by atoms with van der Waals surface area (Å²) >= 11 is 3.27. The molecule has 1 fully saturated rings. The molecule has 0 spiro atoms. The summed E-state index contributed by atoms with van der Waals surface area (Å²) < 4.78 is 5.98. The van der Waals surface area contributed by atoms with E-state index in [1.807, 2.05) is 0 Å². The van der Waals surface area contributed by atoms with Crippen LogP contribution in [0.3, 0.4) is 0 Å². The highest BCUT2D eigenvalue weighted by molar-refractivity contribution is 9.10. The lowest BCUT2D eigenvalue weighted by Gasteiger charge is -2.25. The van der Waals surface area contributed by atoms with E-state index in [-0.39, 0.29) is 12.1 Å². The van der Waals surface area contributed by atoms with Gasteiger partial charge in [-0.15, -0.1) is 0 Å². The lowest BCUT2D eigenvalue weighted by Crippen LogP contribution is -2.36. The maximum atomic E-state index is 12.1. The number of ether oxygens (including phenoxy) is 1. The van der Waals surface area contributed by atoms with Crippen molar-refractivity contribution in [3.63, 3.8) is 0 Å². The average molecular weight is 345 g/mol. The van der Waals surface area contributed by atoms with E-state index in [4.69, 9.17) is 0 Å². The van der Waals surface area contributed by atoms with Crippen LogP contribution in [0.15, 0.2) is 15.5 Å². The Labute approximate surface area is 124 Å². The lowest BCUT2D eigenvalue weighted by molar-refractivity contribution is -0.141. The normalized spacial score (nSPS) is 15.9. The highest BCUT2D eigenvalue weighted by Gasteiger charge is 2.16. The molecule has 7 nitrogen and oxygen atoms in total. The molecule has 0 aromatic carbocycles. The van der Waals surface area contributed by atoms with Crippen LogP contribution in [0.25, 0.3) is 0 Å². The van der Waals surface area contributed by atoms with Crippen molar-refractivity contribution < 1.29 is 9.53 Å². The van der Waals surface area contributed by atoms with Gasteiger partial charge in [0.05, 0.1) is 19.0 Å². The topological polar surface area (TPSA) is 85.2 Å². The molecule has 0 bridgehead atoms. The minimum Gasteiger partial charge on any atom is -0.468 e. The lowest BCUT2D eigenvalue weighted by atomic mass is 10.1. The Balaban J connectivity index is 2.13. The van der Waals surface area contributed by atoms with Crippen LogP contribution in [0, 0.1) is 0 Å². The predicted octanol–water partition coefficient (Wildman–Crippen LogP) is 0.343. The predicted molar refractivity (Wildman–Crippen MR) is 77.7 cm³/mol. The van der Waals surface area contributed by atoms with Crippen LogP contribution in [0.4, 0.5) is 5.69 Å². The minimum atomic E-state index is -0.509. The number of piperidine rings is 1. The number of hydrogen-bond acceptors (Lipinski definition) is 6. The molecule has 0 saturated carbocycles. The number of rotatable bonds is 4. The van der Waals surface area contributed by atoms with E-state index in [2.05, 4.69) is 36.4 Å². The molecule has 1 aromatic rings. The molecule has 110 valence electrons. The molecule has 20 heavy (non-hydrogen) atoms. The number of carbonyl (C=O) groups is 1. The highest BCUT2D eigenvalue weighted by Crippen LogP contribution is 2.19. The summed E-state index contributed by atoms with van der Waals surface area (Å²) in [6, 6.07) is 0.324. The van der Waals surface area contributed by atoms with Gasteiger partial charge in [0.1, 0.15) is 11.0 Å². The van der Waals surface area contributed by atoms with Gasteiger partial charge >= 0.3 is 5.97 Å². The summed E-state index contributed by atoms with van der Waals surface area (Å²) in [5.74, 6) is -0.509. The standard InChI is InChI=1S/C12H17BrN4O3/c1-20-10(18)7-17-12(19)11(13)9(6-15-17)16-8-2-4-14-5-3-8/h6,8,14,16H,2-5,7H2,1H3. The van der Waals surface area contributed by atoms with Gasteiger partial charge in [-0.1, -0.05) is 0 Å². The van der Waals surface area contributed by atoms with Gasteiger partial charge in [-0.05, 0) is 41.9 Å². The SMILES string of the molecule is COC(=O)Cn1ncc(NC2CCNCC2)c(Br)c1=O. The molecule has 1 aromatic heterocycles. The third kappa shape index (κ3) is 3.57. The van der Waals surface area contributed by atoms with E-state index < -0.39 is 5.97 Å². The number of anilines is 1. The molecule has 0 unspecified atom stereocenters. The Morgan fingerprint density at radius 1 is 1.60 bits per heavy atom. The largest absolute Gasteiger partial charge is 0.468 e. The van der Waals surface area contributed by atoms with Crippen molar-refractivity contribution >= 4 is 27.6 Å². The van der Waals surface area contributed by atoms with Crippen LogP contribution in [0.2, 0.25) is 0 Å². The molecule has 0 atom stereocenters. The molecule has 1 saturated heterocycles. The summed E-state index contributed by atoms with van der Waals surface area (Å²) in [5.41, 5.74) is 0.303. The molecular formula is C12H17BrN4O3. The van der Waals surface area contributed by atoms with Gasteiger partial charge in [0.25, 0.3) is 5.56 Å². The summed E-state index contributed by atoms with van der Waals surface area (Å²) in [5, 5.41) is 10.6. The Kier molecular flexibility index (Phi) is 5.13. The van der Waals surface area contributed by atoms with Gasteiger partial charge in [0.15, 0.2) is 0 Å². The minimum absolute atomic E-state index is 0.193. The number of halogens is 1. The maximum absolute atomic E-state index is 12.1. The number of esters is 1. The van der Waals surface area contributed by atoms with Crippen LogP contribution in [-0.2, 0) is 16.1 Å². The molecule has 1 aliphatic rings. The Morgan fingerprint density at radius 3 is 2.95 bits per heavy atom. The van der Waals surface area contributed by atoms with Crippen LogP contribution >= 0.6 is 15.9 Å².